The topological polar surface area (TPSA) is 11.4 Å². The van der Waals surface area contributed by atoms with E-state index < -0.39 is 0 Å². The van der Waals surface area contributed by atoms with Crippen LogP contribution in [0.4, 0.5) is 34.1 Å². The van der Waals surface area contributed by atoms with Gasteiger partial charge >= 0.3 is 0 Å². The summed E-state index contributed by atoms with van der Waals surface area (Å²) in [5.41, 5.74) is 25.2. The van der Waals surface area contributed by atoms with Gasteiger partial charge in [-0.05, 0) is 171 Å². The van der Waals surface area contributed by atoms with Crippen molar-refractivity contribution >= 4 is 79.0 Å². The van der Waals surface area contributed by atoms with Gasteiger partial charge in [0, 0.05) is 50.4 Å². The average Bonchev–Trinajstić information content (AvgIpc) is 3.44. The second-order valence-corrected chi connectivity index (χ2v) is 16.1. The highest BCUT2D eigenvalue weighted by Crippen LogP contribution is 2.46. The van der Waals surface area contributed by atoms with Gasteiger partial charge in [-0.2, -0.15) is 0 Å². The molecule has 54 heavy (non-hydrogen) atoms. The molecule has 0 fully saturated rings. The van der Waals surface area contributed by atoms with E-state index in [2.05, 4.69) is 191 Å². The fourth-order valence-electron chi connectivity index (χ4n) is 10.00. The van der Waals surface area contributed by atoms with Gasteiger partial charge in [0.2, 0.25) is 0 Å². The zero-order chi connectivity index (χ0) is 37.2. The second-order valence-electron chi connectivity index (χ2n) is 16.1. The molecule has 0 radical (unpaired) electrons. The molecule has 8 aromatic rings. The Labute approximate surface area is 319 Å². The first-order valence-corrected chi connectivity index (χ1v) is 19.2. The van der Waals surface area contributed by atoms with Crippen LogP contribution in [0.15, 0.2) is 121 Å². The summed E-state index contributed by atoms with van der Waals surface area (Å²) in [6.45, 7) is 17.9. The fraction of sp³-hybridized carbons (Fsp3) is 0.160. The van der Waals surface area contributed by atoms with Gasteiger partial charge in [-0.1, -0.05) is 66.2 Å². The first-order valence-electron chi connectivity index (χ1n) is 19.2. The van der Waals surface area contributed by atoms with E-state index in [-0.39, 0.29) is 6.71 Å². The van der Waals surface area contributed by atoms with Crippen LogP contribution in [0.25, 0.3) is 27.5 Å². The summed E-state index contributed by atoms with van der Waals surface area (Å²) < 4.78 is 2.58. The van der Waals surface area contributed by atoms with E-state index in [4.69, 9.17) is 0 Å². The maximum atomic E-state index is 2.58. The minimum atomic E-state index is 0.0817. The normalized spacial score (nSPS) is 12.7. The maximum absolute atomic E-state index is 2.58. The Kier molecular flexibility index (Phi) is 7.10. The first-order chi connectivity index (χ1) is 26.0. The highest BCUT2D eigenvalue weighted by molar-refractivity contribution is 7.00. The lowest BCUT2D eigenvalue weighted by molar-refractivity contribution is 1.16. The Morgan fingerprint density at radius 2 is 0.963 bits per heavy atom. The Bertz CT molecular complexity index is 2780. The van der Waals surface area contributed by atoms with Gasteiger partial charge in [-0.15, -0.1) is 0 Å². The van der Waals surface area contributed by atoms with E-state index in [1.54, 1.807) is 0 Å². The van der Waals surface area contributed by atoms with E-state index >= 15 is 0 Å². The lowest BCUT2D eigenvalue weighted by Crippen LogP contribution is -2.61. The quantitative estimate of drug-likeness (QED) is 0.170. The molecule has 0 spiro atoms. The van der Waals surface area contributed by atoms with E-state index in [0.717, 1.165) is 5.69 Å². The average molecular weight is 698 g/mol. The number of aromatic nitrogens is 1. The molecule has 7 aromatic carbocycles. The summed E-state index contributed by atoms with van der Waals surface area (Å²) in [6, 6.07) is 46.6. The number of hydrogen-bond acceptors (Lipinski definition) is 2. The molecule has 0 N–H and O–H groups in total. The van der Waals surface area contributed by atoms with Crippen molar-refractivity contribution in [3.8, 4) is 5.69 Å². The van der Waals surface area contributed by atoms with Crippen LogP contribution in [-0.4, -0.2) is 11.3 Å². The Balaban J connectivity index is 1.40. The standard InChI is InChI=1S/C50H44BN3/c1-29-16-30(2)21-37(20-29)52(38-22-31(3)17-32(4)23-38)40-27-46-49-47(28-40)54-44-15-10-9-12-41(44)42-13-11-14-43(50(42)54)51(49)48-36(8)19-35(7)26-45(48)53(46)39-24-33(5)18-34(6)25-39/h9-28H,1-8H3. The Hall–Kier alpha value is -6.00. The first kappa shape index (κ1) is 32.6. The molecule has 2 aliphatic heterocycles. The zero-order valence-electron chi connectivity index (χ0n) is 32.5. The predicted molar refractivity (Wildman–Crippen MR) is 233 cm³/mol. The Morgan fingerprint density at radius 3 is 1.61 bits per heavy atom. The summed E-state index contributed by atoms with van der Waals surface area (Å²) in [5.74, 6) is 0. The Morgan fingerprint density at radius 1 is 0.444 bits per heavy atom. The zero-order valence-corrected chi connectivity index (χ0v) is 32.5. The van der Waals surface area contributed by atoms with Crippen molar-refractivity contribution in [2.24, 2.45) is 0 Å². The van der Waals surface area contributed by atoms with Crippen LogP contribution in [-0.2, 0) is 0 Å². The number of benzene rings is 7. The molecule has 0 atom stereocenters. The van der Waals surface area contributed by atoms with Gasteiger partial charge < -0.3 is 14.4 Å². The van der Waals surface area contributed by atoms with Crippen LogP contribution in [0.5, 0.6) is 0 Å². The molecular formula is C50H44BN3. The molecule has 0 aliphatic carbocycles. The van der Waals surface area contributed by atoms with Crippen molar-refractivity contribution in [3.63, 3.8) is 0 Å². The molecular weight excluding hydrogens is 653 g/mol. The SMILES string of the molecule is Cc1cc(C)cc(N(c2cc(C)cc(C)c2)c2cc3c4c(c2)-n2c5ccccc5c5cccc(c52)B4c2c(C)cc(C)cc2N3c2cc(C)cc(C)c2)c1. The molecule has 2 aliphatic rings. The van der Waals surface area contributed by atoms with Gasteiger partial charge in [-0.25, -0.2) is 0 Å². The molecule has 262 valence electrons. The molecule has 1 aromatic heterocycles. The third-order valence-corrected chi connectivity index (χ3v) is 11.6. The lowest BCUT2D eigenvalue weighted by Gasteiger charge is -2.42. The number of para-hydroxylation sites is 2. The maximum Gasteiger partial charge on any atom is 0.252 e. The van der Waals surface area contributed by atoms with Crippen LogP contribution >= 0.6 is 0 Å². The van der Waals surface area contributed by atoms with Gasteiger partial charge in [0.15, 0.2) is 0 Å². The second kappa shape index (κ2) is 11.8. The van der Waals surface area contributed by atoms with Gasteiger partial charge in [0.05, 0.1) is 11.2 Å². The lowest BCUT2D eigenvalue weighted by atomic mass is 9.33. The van der Waals surface area contributed by atoms with Crippen molar-refractivity contribution in [2.75, 3.05) is 9.80 Å². The smallest absolute Gasteiger partial charge is 0.252 e. The monoisotopic (exact) mass is 697 g/mol. The number of rotatable bonds is 4. The predicted octanol–water partition coefficient (Wildman–Crippen LogP) is 11.3. The van der Waals surface area contributed by atoms with Crippen molar-refractivity contribution in [2.45, 2.75) is 55.4 Å². The largest absolute Gasteiger partial charge is 0.311 e. The minimum Gasteiger partial charge on any atom is -0.311 e. The molecule has 4 heteroatoms. The summed E-state index contributed by atoms with van der Waals surface area (Å²) in [7, 11) is 0. The molecule has 0 amide bonds. The van der Waals surface area contributed by atoms with E-state index in [0.29, 0.717) is 0 Å². The van der Waals surface area contributed by atoms with Crippen molar-refractivity contribution < 1.29 is 0 Å². The minimum absolute atomic E-state index is 0.0817. The van der Waals surface area contributed by atoms with Gasteiger partial charge in [0.25, 0.3) is 6.71 Å². The van der Waals surface area contributed by atoms with Crippen LogP contribution in [0, 0.1) is 55.4 Å². The van der Waals surface area contributed by atoms with Crippen molar-refractivity contribution in [1.82, 2.24) is 4.57 Å². The molecule has 3 nitrogen and oxygen atoms in total. The van der Waals surface area contributed by atoms with Crippen LogP contribution < -0.4 is 26.2 Å². The summed E-state index contributed by atoms with van der Waals surface area (Å²) in [6.07, 6.45) is 0. The highest BCUT2D eigenvalue weighted by atomic mass is 15.2. The third kappa shape index (κ3) is 4.82. The van der Waals surface area contributed by atoms with E-state index in [1.165, 1.54) is 117 Å². The molecule has 0 saturated carbocycles. The van der Waals surface area contributed by atoms with Crippen LogP contribution in [0.2, 0.25) is 0 Å². The molecule has 0 saturated heterocycles. The third-order valence-electron chi connectivity index (χ3n) is 11.6. The fourth-order valence-corrected chi connectivity index (χ4v) is 10.00. The van der Waals surface area contributed by atoms with Crippen molar-refractivity contribution in [3.05, 3.63) is 166 Å². The van der Waals surface area contributed by atoms with Crippen molar-refractivity contribution in [1.29, 1.82) is 0 Å². The van der Waals surface area contributed by atoms with E-state index in [9.17, 15) is 0 Å². The van der Waals surface area contributed by atoms with Crippen LogP contribution in [0.1, 0.15) is 44.5 Å². The summed E-state index contributed by atoms with van der Waals surface area (Å²) in [4.78, 5) is 5.07. The van der Waals surface area contributed by atoms with Crippen LogP contribution in [0.3, 0.4) is 0 Å². The van der Waals surface area contributed by atoms with Gasteiger partial charge in [-0.3, -0.25) is 0 Å². The molecule has 0 unspecified atom stereocenters. The molecule has 10 rings (SSSR count). The number of fused-ring (bicyclic) bond motifs is 7. The number of hydrogen-bond donors (Lipinski definition) is 0. The van der Waals surface area contributed by atoms with Gasteiger partial charge in [0.1, 0.15) is 0 Å². The van der Waals surface area contributed by atoms with E-state index in [1.807, 2.05) is 0 Å². The number of aryl methyl sites for hydroxylation is 8. The summed E-state index contributed by atoms with van der Waals surface area (Å²) >= 11 is 0. The highest BCUT2D eigenvalue weighted by Gasteiger charge is 2.43. The number of nitrogens with zero attached hydrogens (tertiary/aromatic N) is 3. The summed E-state index contributed by atoms with van der Waals surface area (Å²) in [5, 5.41) is 2.60. The molecule has 3 heterocycles. The molecule has 0 bridgehead atoms. The number of anilines is 6.